The van der Waals surface area contributed by atoms with Crippen LogP contribution >= 0.6 is 0 Å². The third-order valence-corrected chi connectivity index (χ3v) is 4.24. The van der Waals surface area contributed by atoms with E-state index in [4.69, 9.17) is 4.42 Å². The monoisotopic (exact) mass is 458 g/mol. The third kappa shape index (κ3) is 4.80. The van der Waals surface area contributed by atoms with Crippen LogP contribution in [0.3, 0.4) is 0 Å². The molecule has 0 amide bonds. The van der Waals surface area contributed by atoms with Crippen LogP contribution in [0.2, 0.25) is 0 Å². The minimum absolute atomic E-state index is 0.101. The summed E-state index contributed by atoms with van der Waals surface area (Å²) in [4.78, 5) is 14.4. The summed E-state index contributed by atoms with van der Waals surface area (Å²) < 4.78 is 123. The smallest absolute Gasteiger partial charge is 0.408 e. The number of hydrogen-bond acceptors (Lipinski definition) is 2. The lowest BCUT2D eigenvalue weighted by Crippen LogP contribution is -2.17. The minimum Gasteiger partial charge on any atom is -0.408 e. The number of nitrogens with one attached hydrogen (secondary N) is 1. The number of aromatic amines is 1. The highest BCUT2D eigenvalue weighted by atomic mass is 19.4. The molecule has 2 heterocycles. The molecule has 0 bridgehead atoms. The number of aromatic nitrogens is 2. The second kappa shape index (κ2) is 7.24. The molecule has 0 radical (unpaired) electrons. The molecule has 1 aromatic carbocycles. The Morgan fingerprint density at radius 2 is 1.42 bits per heavy atom. The number of nitrogens with zero attached hydrogens (tertiary/aromatic N) is 1. The van der Waals surface area contributed by atoms with Gasteiger partial charge in [0.15, 0.2) is 5.76 Å². The number of alkyl halides is 9. The van der Waals surface area contributed by atoms with Gasteiger partial charge in [0, 0.05) is 17.0 Å². The molecule has 0 aliphatic carbocycles. The predicted molar refractivity (Wildman–Crippen MR) is 88.0 cm³/mol. The van der Waals surface area contributed by atoms with Crippen LogP contribution in [0.25, 0.3) is 11.3 Å². The molecular formula is C18H11F9N2O2. The van der Waals surface area contributed by atoms with E-state index in [9.17, 15) is 44.3 Å². The molecular weight excluding hydrogens is 447 g/mol. The maximum Gasteiger partial charge on any atom is 0.419 e. The van der Waals surface area contributed by atoms with Crippen molar-refractivity contribution in [2.75, 3.05) is 0 Å². The van der Waals surface area contributed by atoms with E-state index >= 15 is 0 Å². The molecule has 31 heavy (non-hydrogen) atoms. The zero-order valence-corrected chi connectivity index (χ0v) is 15.3. The fourth-order valence-corrected chi connectivity index (χ4v) is 2.91. The first-order chi connectivity index (χ1) is 14.1. The fraction of sp³-hybridized carbons (Fsp3) is 0.278. The van der Waals surface area contributed by atoms with Crippen LogP contribution < -0.4 is 5.76 Å². The standard InChI is InChI=1S/C18H11F9N2O2/c1-8-2-12(18(25,26)27)13(28-8)6-29-7-14(31-15(29)30)9-3-10(16(19,20)21)5-11(4-9)17(22,23)24/h2-5,7,28H,6H2,1H3. The molecule has 3 aromatic rings. The molecule has 2 aromatic heterocycles. The normalized spacial score (nSPS) is 13.1. The van der Waals surface area contributed by atoms with Gasteiger partial charge >= 0.3 is 24.3 Å². The Hall–Kier alpha value is -3.12. The average Bonchev–Trinajstić information content (AvgIpc) is 3.16. The van der Waals surface area contributed by atoms with Gasteiger partial charge in [0.25, 0.3) is 0 Å². The first-order valence-corrected chi connectivity index (χ1v) is 8.31. The highest BCUT2D eigenvalue weighted by molar-refractivity contribution is 5.59. The summed E-state index contributed by atoms with van der Waals surface area (Å²) in [6, 6.07) is 1.38. The van der Waals surface area contributed by atoms with Gasteiger partial charge in [-0.25, -0.2) is 4.79 Å². The Labute approximate surface area is 166 Å². The first-order valence-electron chi connectivity index (χ1n) is 8.31. The summed E-state index contributed by atoms with van der Waals surface area (Å²) in [5, 5.41) is 0. The summed E-state index contributed by atoms with van der Waals surface area (Å²) in [7, 11) is 0. The van der Waals surface area contributed by atoms with Crippen LogP contribution in [0.15, 0.2) is 39.7 Å². The van der Waals surface area contributed by atoms with Crippen molar-refractivity contribution in [3.8, 4) is 11.3 Å². The van der Waals surface area contributed by atoms with Crippen LogP contribution in [0, 0.1) is 6.92 Å². The zero-order valence-electron chi connectivity index (χ0n) is 15.3. The largest absolute Gasteiger partial charge is 0.419 e. The number of oxazole rings is 1. The van der Waals surface area contributed by atoms with Gasteiger partial charge in [0.05, 0.1) is 29.4 Å². The number of halogens is 9. The Morgan fingerprint density at radius 1 is 0.871 bits per heavy atom. The van der Waals surface area contributed by atoms with E-state index in [0.29, 0.717) is 16.7 Å². The molecule has 3 rings (SSSR count). The number of hydrogen-bond donors (Lipinski definition) is 1. The maximum atomic E-state index is 13.1. The van der Waals surface area contributed by atoms with Crippen molar-refractivity contribution in [2.24, 2.45) is 0 Å². The van der Waals surface area contributed by atoms with Crippen molar-refractivity contribution in [1.29, 1.82) is 0 Å². The van der Waals surface area contributed by atoms with E-state index in [1.54, 1.807) is 0 Å². The quantitative estimate of drug-likeness (QED) is 0.501. The minimum atomic E-state index is -5.12. The second-order valence-electron chi connectivity index (χ2n) is 6.63. The Kier molecular flexibility index (Phi) is 5.27. The Bertz CT molecular complexity index is 1130. The first kappa shape index (κ1) is 22.6. The lowest BCUT2D eigenvalue weighted by atomic mass is 10.0. The molecule has 0 saturated heterocycles. The van der Waals surface area contributed by atoms with E-state index < -0.39 is 64.5 Å². The molecule has 0 aliphatic heterocycles. The molecule has 0 fully saturated rings. The lowest BCUT2D eigenvalue weighted by molar-refractivity contribution is -0.143. The fourth-order valence-electron chi connectivity index (χ4n) is 2.91. The van der Waals surface area contributed by atoms with Gasteiger partial charge in [-0.1, -0.05) is 0 Å². The van der Waals surface area contributed by atoms with Crippen molar-refractivity contribution in [3.63, 3.8) is 0 Å². The molecule has 0 saturated carbocycles. The van der Waals surface area contributed by atoms with Gasteiger partial charge < -0.3 is 9.40 Å². The zero-order chi connectivity index (χ0) is 23.4. The van der Waals surface area contributed by atoms with Crippen LogP contribution in [0.4, 0.5) is 39.5 Å². The van der Waals surface area contributed by atoms with Crippen LogP contribution in [-0.4, -0.2) is 9.55 Å². The topological polar surface area (TPSA) is 50.9 Å². The van der Waals surface area contributed by atoms with Crippen LogP contribution in [-0.2, 0) is 25.1 Å². The van der Waals surface area contributed by atoms with Gasteiger partial charge in [-0.05, 0) is 31.2 Å². The van der Waals surface area contributed by atoms with E-state index in [-0.39, 0.29) is 11.8 Å². The maximum absolute atomic E-state index is 13.1. The van der Waals surface area contributed by atoms with Gasteiger partial charge in [0.1, 0.15) is 0 Å². The van der Waals surface area contributed by atoms with Gasteiger partial charge in [-0.2, -0.15) is 39.5 Å². The SMILES string of the molecule is Cc1cc(C(F)(F)F)c(Cn2cc(-c3cc(C(F)(F)F)cc(C(F)(F)F)c3)oc2=O)[nH]1. The Morgan fingerprint density at radius 3 is 1.90 bits per heavy atom. The molecule has 0 unspecified atom stereocenters. The van der Waals surface area contributed by atoms with Gasteiger partial charge in [-0.15, -0.1) is 0 Å². The van der Waals surface area contributed by atoms with Gasteiger partial charge in [0.2, 0.25) is 0 Å². The number of aryl methyl sites for hydroxylation is 1. The van der Waals surface area contributed by atoms with Gasteiger partial charge in [-0.3, -0.25) is 4.57 Å². The Balaban J connectivity index is 2.07. The van der Waals surface area contributed by atoms with Crippen molar-refractivity contribution >= 4 is 0 Å². The molecule has 0 atom stereocenters. The summed E-state index contributed by atoms with van der Waals surface area (Å²) in [6.45, 7) is 0.639. The van der Waals surface area contributed by atoms with Crippen molar-refractivity contribution < 1.29 is 43.9 Å². The van der Waals surface area contributed by atoms with E-state index in [2.05, 4.69) is 4.98 Å². The van der Waals surface area contributed by atoms with Crippen LogP contribution in [0.1, 0.15) is 28.1 Å². The molecule has 168 valence electrons. The number of rotatable bonds is 3. The van der Waals surface area contributed by atoms with Crippen molar-refractivity contribution in [1.82, 2.24) is 9.55 Å². The molecule has 1 N–H and O–H groups in total. The van der Waals surface area contributed by atoms with E-state index in [1.807, 2.05) is 0 Å². The third-order valence-electron chi connectivity index (χ3n) is 4.24. The van der Waals surface area contributed by atoms with Crippen molar-refractivity contribution in [2.45, 2.75) is 32.0 Å². The summed E-state index contributed by atoms with van der Waals surface area (Å²) in [6.07, 6.45) is -14.3. The average molecular weight is 458 g/mol. The highest BCUT2D eigenvalue weighted by Gasteiger charge is 2.38. The van der Waals surface area contributed by atoms with Crippen LogP contribution in [0.5, 0.6) is 0 Å². The number of benzene rings is 1. The molecule has 0 aliphatic rings. The molecule has 4 nitrogen and oxygen atoms in total. The lowest BCUT2D eigenvalue weighted by Gasteiger charge is -2.13. The van der Waals surface area contributed by atoms with Crippen molar-refractivity contribution in [3.05, 3.63) is 69.1 Å². The molecule has 13 heteroatoms. The summed E-state index contributed by atoms with van der Waals surface area (Å²) >= 11 is 0. The number of H-pyrrole nitrogens is 1. The van der Waals surface area contributed by atoms with E-state index in [0.717, 1.165) is 12.3 Å². The highest BCUT2D eigenvalue weighted by Crippen LogP contribution is 2.38. The summed E-state index contributed by atoms with van der Waals surface area (Å²) in [5.41, 5.74) is -5.35. The molecule has 0 spiro atoms. The predicted octanol–water partition coefficient (Wildman–Crippen LogP) is 5.85. The van der Waals surface area contributed by atoms with E-state index in [1.165, 1.54) is 6.92 Å². The summed E-state index contributed by atoms with van der Waals surface area (Å²) in [5.74, 6) is -1.93. The second-order valence-corrected chi connectivity index (χ2v) is 6.63.